The number of nitrogens with one attached hydrogen (secondary N) is 2. The second kappa shape index (κ2) is 10.8. The minimum Gasteiger partial charge on any atom is -0.381 e. The van der Waals surface area contributed by atoms with Gasteiger partial charge in [0, 0.05) is 59.8 Å². The third kappa shape index (κ3) is 6.19. The molecule has 2 aliphatic rings. The van der Waals surface area contributed by atoms with Gasteiger partial charge < -0.3 is 20.1 Å². The van der Waals surface area contributed by atoms with Crippen molar-refractivity contribution in [2.45, 2.75) is 50.8 Å². The van der Waals surface area contributed by atoms with Gasteiger partial charge >= 0.3 is 0 Å². The zero-order chi connectivity index (χ0) is 19.7. The van der Waals surface area contributed by atoms with Crippen LogP contribution in [0.1, 0.15) is 43.2 Å². The first-order chi connectivity index (χ1) is 13.7. The highest BCUT2D eigenvalue weighted by Gasteiger charge is 2.32. The summed E-state index contributed by atoms with van der Waals surface area (Å²) in [6.07, 6.45) is 5.88. The van der Waals surface area contributed by atoms with Gasteiger partial charge in [0.1, 0.15) is 0 Å². The fourth-order valence-electron chi connectivity index (χ4n) is 3.99. The number of piperidine rings is 1. The van der Waals surface area contributed by atoms with Crippen LogP contribution in [-0.4, -0.2) is 63.5 Å². The number of ether oxygens (including phenoxy) is 2. The number of hydrogen-bond acceptors (Lipinski definition) is 4. The average molecular weight is 389 g/mol. The highest BCUT2D eigenvalue weighted by molar-refractivity contribution is 5.79. The molecular formula is C22H36N4O2. The minimum atomic E-state index is -0.161. The summed E-state index contributed by atoms with van der Waals surface area (Å²) in [5.74, 6) is 0.806. The van der Waals surface area contributed by atoms with E-state index in [1.54, 1.807) is 14.2 Å². The van der Waals surface area contributed by atoms with Crippen molar-refractivity contribution in [2.24, 2.45) is 4.99 Å². The molecule has 2 aliphatic heterocycles. The molecule has 1 aromatic carbocycles. The molecule has 28 heavy (non-hydrogen) atoms. The Hall–Kier alpha value is -1.63. The number of aliphatic imine (C=N–C) groups is 1. The molecule has 0 amide bonds. The first-order valence-electron chi connectivity index (χ1n) is 10.6. The summed E-state index contributed by atoms with van der Waals surface area (Å²) in [4.78, 5) is 6.91. The Morgan fingerprint density at radius 2 is 1.75 bits per heavy atom. The SMILES string of the molecule is CN=C(NCc1ccc(CN2CCCCC2)cc1)NCC1(OC)CCOCC1. The number of hydrogen-bond donors (Lipinski definition) is 2. The van der Waals surface area contributed by atoms with E-state index >= 15 is 0 Å². The van der Waals surface area contributed by atoms with Crippen molar-refractivity contribution in [3.05, 3.63) is 35.4 Å². The smallest absolute Gasteiger partial charge is 0.191 e. The molecule has 0 unspecified atom stereocenters. The van der Waals surface area contributed by atoms with Crippen LogP contribution in [0.4, 0.5) is 0 Å². The first kappa shape index (κ1) is 21.1. The highest BCUT2D eigenvalue weighted by Crippen LogP contribution is 2.23. The Bertz CT molecular complexity index is 605. The van der Waals surface area contributed by atoms with Crippen LogP contribution in [-0.2, 0) is 22.6 Å². The van der Waals surface area contributed by atoms with Crippen LogP contribution in [0.25, 0.3) is 0 Å². The van der Waals surface area contributed by atoms with Crippen molar-refractivity contribution >= 4 is 5.96 Å². The maximum atomic E-state index is 5.78. The molecular weight excluding hydrogens is 352 g/mol. The molecule has 6 nitrogen and oxygen atoms in total. The predicted molar refractivity (Wildman–Crippen MR) is 114 cm³/mol. The molecule has 1 aromatic rings. The molecule has 0 bridgehead atoms. The van der Waals surface area contributed by atoms with Crippen molar-refractivity contribution in [1.82, 2.24) is 15.5 Å². The molecule has 2 saturated heterocycles. The normalized spacial score (nSPS) is 20.7. The average Bonchev–Trinajstić information content (AvgIpc) is 2.76. The lowest BCUT2D eigenvalue weighted by Gasteiger charge is -2.36. The molecule has 0 radical (unpaired) electrons. The molecule has 2 fully saturated rings. The minimum absolute atomic E-state index is 0.161. The van der Waals surface area contributed by atoms with Gasteiger partial charge in [0.2, 0.25) is 0 Å². The Labute approximate surface area is 169 Å². The zero-order valence-corrected chi connectivity index (χ0v) is 17.5. The van der Waals surface area contributed by atoms with Crippen molar-refractivity contribution in [3.8, 4) is 0 Å². The van der Waals surface area contributed by atoms with Gasteiger partial charge in [-0.1, -0.05) is 30.7 Å². The van der Waals surface area contributed by atoms with Gasteiger partial charge in [0.05, 0.1) is 5.60 Å². The highest BCUT2D eigenvalue weighted by atomic mass is 16.5. The van der Waals surface area contributed by atoms with E-state index in [9.17, 15) is 0 Å². The van der Waals surface area contributed by atoms with Crippen LogP contribution < -0.4 is 10.6 Å². The third-order valence-corrected chi connectivity index (χ3v) is 5.98. The molecule has 0 spiro atoms. The molecule has 0 aliphatic carbocycles. The molecule has 0 saturated carbocycles. The topological polar surface area (TPSA) is 58.1 Å². The van der Waals surface area contributed by atoms with Gasteiger partial charge in [0.25, 0.3) is 0 Å². The fourth-order valence-corrected chi connectivity index (χ4v) is 3.99. The van der Waals surface area contributed by atoms with E-state index in [0.29, 0.717) is 0 Å². The van der Waals surface area contributed by atoms with Gasteiger partial charge in [-0.2, -0.15) is 0 Å². The summed E-state index contributed by atoms with van der Waals surface area (Å²) in [7, 11) is 3.59. The van der Waals surface area contributed by atoms with Crippen molar-refractivity contribution in [2.75, 3.05) is 47.0 Å². The number of benzene rings is 1. The van der Waals surface area contributed by atoms with E-state index in [1.165, 1.54) is 43.5 Å². The largest absolute Gasteiger partial charge is 0.381 e. The number of likely N-dealkylation sites (tertiary alicyclic amines) is 1. The van der Waals surface area contributed by atoms with Gasteiger partial charge in [-0.3, -0.25) is 9.89 Å². The van der Waals surface area contributed by atoms with E-state index in [0.717, 1.165) is 51.6 Å². The molecule has 0 aromatic heterocycles. The van der Waals surface area contributed by atoms with Crippen LogP contribution in [0.2, 0.25) is 0 Å². The number of guanidine groups is 1. The van der Waals surface area contributed by atoms with Gasteiger partial charge in [-0.15, -0.1) is 0 Å². The number of rotatable bonds is 7. The molecule has 156 valence electrons. The maximum Gasteiger partial charge on any atom is 0.191 e. The summed E-state index contributed by atoms with van der Waals surface area (Å²) in [6.45, 7) is 6.55. The van der Waals surface area contributed by atoms with Gasteiger partial charge in [0.15, 0.2) is 5.96 Å². The Morgan fingerprint density at radius 1 is 1.07 bits per heavy atom. The lowest BCUT2D eigenvalue weighted by molar-refractivity contribution is -0.0855. The summed E-state index contributed by atoms with van der Waals surface area (Å²) in [6, 6.07) is 8.94. The third-order valence-electron chi connectivity index (χ3n) is 5.98. The van der Waals surface area contributed by atoms with Crippen LogP contribution in [0.3, 0.4) is 0 Å². The van der Waals surface area contributed by atoms with E-state index in [1.807, 2.05) is 0 Å². The standard InChI is InChI=1S/C22H36N4O2/c1-23-21(25-18-22(27-2)10-14-28-15-11-22)24-16-19-6-8-20(9-7-19)17-26-12-4-3-5-13-26/h6-9H,3-5,10-18H2,1-2H3,(H2,23,24,25). The van der Waals surface area contributed by atoms with Gasteiger partial charge in [-0.25, -0.2) is 0 Å². The zero-order valence-electron chi connectivity index (χ0n) is 17.5. The predicted octanol–water partition coefficient (Wildman–Crippen LogP) is 2.53. The Kier molecular flexibility index (Phi) is 8.13. The van der Waals surface area contributed by atoms with E-state index in [2.05, 4.69) is 44.8 Å². The Morgan fingerprint density at radius 3 is 2.39 bits per heavy atom. The van der Waals surface area contributed by atoms with Crippen molar-refractivity contribution in [3.63, 3.8) is 0 Å². The molecule has 2 heterocycles. The quantitative estimate of drug-likeness (QED) is 0.555. The Balaban J connectivity index is 1.44. The van der Waals surface area contributed by atoms with Crippen LogP contribution in [0.5, 0.6) is 0 Å². The van der Waals surface area contributed by atoms with E-state index < -0.39 is 0 Å². The second-order valence-electron chi connectivity index (χ2n) is 7.93. The van der Waals surface area contributed by atoms with Crippen LogP contribution >= 0.6 is 0 Å². The lowest BCUT2D eigenvalue weighted by Crippen LogP contribution is -2.50. The molecule has 3 rings (SSSR count). The number of nitrogens with zero attached hydrogens (tertiary/aromatic N) is 2. The number of methoxy groups -OCH3 is 1. The monoisotopic (exact) mass is 388 g/mol. The summed E-state index contributed by atoms with van der Waals surface area (Å²) in [5.41, 5.74) is 2.50. The van der Waals surface area contributed by atoms with Crippen LogP contribution in [0.15, 0.2) is 29.3 Å². The van der Waals surface area contributed by atoms with Crippen molar-refractivity contribution < 1.29 is 9.47 Å². The molecule has 6 heteroatoms. The van der Waals surface area contributed by atoms with Crippen LogP contribution in [0, 0.1) is 0 Å². The maximum absolute atomic E-state index is 5.78. The molecule has 2 N–H and O–H groups in total. The fraction of sp³-hybridized carbons (Fsp3) is 0.682. The summed E-state index contributed by atoms with van der Waals surface area (Å²) in [5, 5.41) is 6.83. The van der Waals surface area contributed by atoms with E-state index in [-0.39, 0.29) is 5.60 Å². The summed E-state index contributed by atoms with van der Waals surface area (Å²) < 4.78 is 11.2. The van der Waals surface area contributed by atoms with E-state index in [4.69, 9.17) is 9.47 Å². The lowest BCUT2D eigenvalue weighted by atomic mass is 9.94. The van der Waals surface area contributed by atoms with Gasteiger partial charge in [-0.05, 0) is 37.1 Å². The second-order valence-corrected chi connectivity index (χ2v) is 7.93. The molecule has 0 atom stereocenters. The first-order valence-corrected chi connectivity index (χ1v) is 10.6. The summed E-state index contributed by atoms with van der Waals surface area (Å²) >= 11 is 0. The van der Waals surface area contributed by atoms with Crippen molar-refractivity contribution in [1.29, 1.82) is 0 Å².